The standard InChI is InChI=1S/C24H43N4O9P3S3/c1-8-23(6,19(33)25-13-15(2)29)14-24(7,20(34)42(38)27-26-21(35)36-22(3,4)5)41-12-11-18(32)43(39)40-37-28-16(30)9-10-17(28)31/h15,27,29,38-39,43H,8-14H2,1-7H3,(H,25,33)(H,26,35). The number of hydrogen-bond acceptors (Lipinski definition) is 10. The first-order valence-electron chi connectivity index (χ1n) is 13.4. The van der Waals surface area contributed by atoms with Gasteiger partial charge >= 0.3 is 6.09 Å². The predicted molar refractivity (Wildman–Crippen MR) is 178 cm³/mol. The number of rotatable bonds is 15. The Kier molecular flexibility index (Phi) is 16.5. The third kappa shape index (κ3) is 13.5. The van der Waals surface area contributed by atoms with Crippen molar-refractivity contribution < 1.29 is 43.2 Å². The Labute approximate surface area is 266 Å². The van der Waals surface area contributed by atoms with Gasteiger partial charge in [0.15, 0.2) is 5.12 Å². The van der Waals surface area contributed by atoms with E-state index in [9.17, 15) is 33.9 Å². The lowest BCUT2D eigenvalue weighted by Gasteiger charge is -2.37. The number of carbonyl (C=O) groups is 6. The second kappa shape index (κ2) is 17.7. The monoisotopic (exact) mass is 720 g/mol. The Morgan fingerprint density at radius 2 is 1.74 bits per heavy atom. The Hall–Kier alpha value is -0.950. The van der Waals surface area contributed by atoms with Gasteiger partial charge in [-0.3, -0.25) is 24.0 Å². The van der Waals surface area contributed by atoms with Gasteiger partial charge in [-0.05, 0) is 57.7 Å². The number of hydrogen-bond donors (Lipinski definition) is 5. The summed E-state index contributed by atoms with van der Waals surface area (Å²) in [4.78, 5) is 78.0. The zero-order valence-corrected chi connectivity index (χ0v) is 30.8. The van der Waals surface area contributed by atoms with Crippen LogP contribution in [-0.4, -0.2) is 73.0 Å². The highest BCUT2D eigenvalue weighted by Crippen LogP contribution is 2.41. The number of nitrogens with one attached hydrogen (secondary N) is 3. The lowest BCUT2D eigenvalue weighted by atomic mass is 9.78. The van der Waals surface area contributed by atoms with E-state index in [-0.39, 0.29) is 61.7 Å². The molecule has 0 aromatic heterocycles. The number of hydrazine groups is 1. The van der Waals surface area contributed by atoms with Crippen LogP contribution in [-0.2, 0) is 52.8 Å². The van der Waals surface area contributed by atoms with Gasteiger partial charge in [-0.25, -0.2) is 10.2 Å². The molecule has 1 rings (SSSR count). The number of amides is 4. The Bertz CT molecular complexity index is 1190. The number of hydroxylamine groups is 2. The van der Waals surface area contributed by atoms with Crippen molar-refractivity contribution in [2.75, 3.05) is 12.3 Å². The van der Waals surface area contributed by atoms with Crippen LogP contribution in [0.5, 0.6) is 0 Å². The smallest absolute Gasteiger partial charge is 0.422 e. The molecule has 5 atom stereocenters. The molecule has 5 unspecified atom stereocenters. The number of nitrogens with zero attached hydrogens (tertiary/aromatic N) is 1. The second-order valence-corrected chi connectivity index (χ2v) is 20.9. The quantitative estimate of drug-likeness (QED) is 0.0726. The molecule has 0 spiro atoms. The molecule has 0 saturated carbocycles. The van der Waals surface area contributed by atoms with E-state index in [1.165, 1.54) is 11.8 Å². The fourth-order valence-electron chi connectivity index (χ4n) is 3.64. The van der Waals surface area contributed by atoms with Crippen molar-refractivity contribution >= 4 is 88.9 Å². The van der Waals surface area contributed by atoms with E-state index in [4.69, 9.17) is 9.36 Å². The van der Waals surface area contributed by atoms with Crippen molar-refractivity contribution in [2.45, 2.75) is 97.0 Å². The number of ether oxygens (including phenoxy) is 1. The van der Waals surface area contributed by atoms with Gasteiger partial charge in [-0.1, -0.05) is 39.1 Å². The first kappa shape index (κ1) is 40.1. The third-order valence-electron chi connectivity index (χ3n) is 6.06. The molecule has 4 amide bonds. The maximum atomic E-state index is 13.8. The van der Waals surface area contributed by atoms with E-state index in [0.29, 0.717) is 11.5 Å². The van der Waals surface area contributed by atoms with E-state index in [2.05, 4.69) is 31.6 Å². The van der Waals surface area contributed by atoms with Gasteiger partial charge in [0.25, 0.3) is 11.8 Å². The molecule has 1 heterocycles. The summed E-state index contributed by atoms with van der Waals surface area (Å²) in [6.45, 7) is 11.9. The normalized spacial score (nSPS) is 18.7. The second-order valence-electron chi connectivity index (χ2n) is 11.3. The molecule has 1 saturated heterocycles. The van der Waals surface area contributed by atoms with Gasteiger partial charge in [0, 0.05) is 37.0 Å². The van der Waals surface area contributed by atoms with Crippen LogP contribution in [0.2, 0.25) is 0 Å². The van der Waals surface area contributed by atoms with Crippen LogP contribution in [0.15, 0.2) is 0 Å². The van der Waals surface area contributed by atoms with Gasteiger partial charge in [0.1, 0.15) is 13.2 Å². The maximum absolute atomic E-state index is 13.8. The Morgan fingerprint density at radius 3 is 2.26 bits per heavy atom. The van der Waals surface area contributed by atoms with E-state index in [1.54, 1.807) is 41.5 Å². The van der Waals surface area contributed by atoms with Crippen LogP contribution in [0.4, 0.5) is 4.79 Å². The molecule has 0 aromatic rings. The minimum atomic E-state index is -1.54. The van der Waals surface area contributed by atoms with Gasteiger partial charge in [-0.15, -0.1) is 16.8 Å². The summed E-state index contributed by atoms with van der Waals surface area (Å²) in [7, 11) is 3.91. The average Bonchev–Trinajstić information content (AvgIpc) is 3.23. The fraction of sp³-hybridized carbons (Fsp3) is 0.750. The van der Waals surface area contributed by atoms with Crippen LogP contribution >= 0.6 is 35.4 Å². The minimum Gasteiger partial charge on any atom is -0.443 e. The number of aliphatic hydroxyl groups is 1. The molecular formula is C24H43N4O9P3S3. The van der Waals surface area contributed by atoms with Gasteiger partial charge in [-0.2, -0.15) is 9.46 Å². The van der Waals surface area contributed by atoms with Gasteiger partial charge in [0.05, 0.1) is 10.9 Å². The number of carbonyl (C=O) groups excluding carboxylic acids is 6. The average molecular weight is 721 g/mol. The highest BCUT2D eigenvalue weighted by atomic mass is 32.7. The van der Waals surface area contributed by atoms with Crippen molar-refractivity contribution in [3.05, 3.63) is 0 Å². The molecule has 0 bridgehead atoms. The van der Waals surface area contributed by atoms with E-state index in [1.807, 2.05) is 6.92 Å². The molecule has 1 aliphatic rings. The first-order valence-corrected chi connectivity index (χ1v) is 21.0. The number of thioether (sulfide) groups is 1. The van der Waals surface area contributed by atoms with Crippen molar-refractivity contribution in [3.8, 4) is 0 Å². The molecule has 246 valence electrons. The lowest BCUT2D eigenvalue weighted by Crippen LogP contribution is -2.50. The summed E-state index contributed by atoms with van der Waals surface area (Å²) in [5.41, 5.74) is 0.590. The van der Waals surface area contributed by atoms with Crippen molar-refractivity contribution in [1.82, 2.24) is 20.6 Å². The molecule has 0 aliphatic carbocycles. The topological polar surface area (TPSA) is 180 Å². The van der Waals surface area contributed by atoms with Crippen LogP contribution in [0.25, 0.3) is 0 Å². The van der Waals surface area contributed by atoms with Crippen LogP contribution in [0.1, 0.15) is 80.6 Å². The number of aliphatic hydroxyl groups excluding tert-OH is 1. The summed E-state index contributed by atoms with van der Waals surface area (Å²) in [5.74, 6) is -1.03. The highest BCUT2D eigenvalue weighted by Gasteiger charge is 2.45. The SMILES string of the molecule is CCC(C)(CC(C)(SCCC(=O)/[SH](=P)=P/ON1C(=O)CCC1=O)C(=O)S(=P)NNC(=O)OC(C)(C)C)C(=O)NCC(C)O. The predicted octanol–water partition coefficient (Wildman–Crippen LogP) is 3.11. The zero-order chi connectivity index (χ0) is 33.2. The lowest BCUT2D eigenvalue weighted by molar-refractivity contribution is -0.162. The summed E-state index contributed by atoms with van der Waals surface area (Å²) >= 11 is 1.20. The molecular weight excluding hydrogens is 677 g/mol. The molecule has 1 aliphatic heterocycles. The van der Waals surface area contributed by atoms with Crippen molar-refractivity contribution in [3.63, 3.8) is 0 Å². The van der Waals surface area contributed by atoms with Crippen molar-refractivity contribution in [1.29, 1.82) is 0 Å². The third-order valence-corrected chi connectivity index (χ3v) is 13.5. The van der Waals surface area contributed by atoms with Gasteiger partial charge < -0.3 is 15.2 Å². The first-order chi connectivity index (χ1) is 19.7. The summed E-state index contributed by atoms with van der Waals surface area (Å²) < 4.78 is 9.22. The van der Waals surface area contributed by atoms with E-state index in [0.717, 1.165) is 0 Å². The van der Waals surface area contributed by atoms with Crippen LogP contribution in [0.3, 0.4) is 0 Å². The molecule has 0 aromatic carbocycles. The molecule has 43 heavy (non-hydrogen) atoms. The van der Waals surface area contributed by atoms with Gasteiger partial charge in [0.2, 0.25) is 11.0 Å². The fourth-order valence-corrected chi connectivity index (χ4v) is 9.75. The number of thiol groups is 1. The van der Waals surface area contributed by atoms with Crippen molar-refractivity contribution in [2.24, 2.45) is 5.41 Å². The van der Waals surface area contributed by atoms with E-state index < -0.39 is 59.3 Å². The highest BCUT2D eigenvalue weighted by molar-refractivity contribution is 8.40. The Morgan fingerprint density at radius 1 is 1.16 bits per heavy atom. The largest absolute Gasteiger partial charge is 0.443 e. The molecule has 13 nitrogen and oxygen atoms in total. The molecule has 0 radical (unpaired) electrons. The molecule has 1 fully saturated rings. The summed E-state index contributed by atoms with van der Waals surface area (Å²) in [6.07, 6.45) is -0.889. The zero-order valence-electron chi connectivity index (χ0n) is 25.4. The van der Waals surface area contributed by atoms with E-state index >= 15 is 0 Å². The molecule has 19 heteroatoms. The maximum Gasteiger partial charge on any atom is 0.422 e. The minimum absolute atomic E-state index is 0.0388. The van der Waals surface area contributed by atoms with Crippen LogP contribution in [0, 0.1) is 5.41 Å². The van der Waals surface area contributed by atoms with Crippen LogP contribution < -0.4 is 15.6 Å². The number of imide groups is 1. The summed E-state index contributed by atoms with van der Waals surface area (Å²) in [6, 6.07) is 0. The summed E-state index contributed by atoms with van der Waals surface area (Å²) in [5, 5.41) is 12.5. The molecule has 4 N–H and O–H groups in total. The Balaban J connectivity index is 3.08.